The summed E-state index contributed by atoms with van der Waals surface area (Å²) in [4.78, 5) is 13.4. The van der Waals surface area contributed by atoms with Crippen molar-refractivity contribution in [3.63, 3.8) is 0 Å². The number of fused-ring (bicyclic) bond motifs is 1. The molecule has 0 saturated heterocycles. The summed E-state index contributed by atoms with van der Waals surface area (Å²) in [6.45, 7) is 0. The minimum absolute atomic E-state index is 0.474. The van der Waals surface area contributed by atoms with Crippen LogP contribution in [0.1, 0.15) is 5.56 Å². The normalized spacial score (nSPS) is 11.3. The molecule has 0 fully saturated rings. The molecule has 4 nitrogen and oxygen atoms in total. The number of rotatable bonds is 3. The number of hydrogen-bond acceptors (Lipinski definition) is 2. The third-order valence-electron chi connectivity index (χ3n) is 3.25. The summed E-state index contributed by atoms with van der Waals surface area (Å²) in [6.07, 6.45) is 2.44. The number of aromatic amines is 1. The molecule has 1 aromatic heterocycles. The minimum Gasteiger partial charge on any atom is -0.354 e. The zero-order chi connectivity index (χ0) is 14.8. The molecule has 104 valence electrons. The molecule has 1 heterocycles. The van der Waals surface area contributed by atoms with E-state index in [1.807, 2.05) is 42.5 Å². The Hall–Kier alpha value is -2.59. The summed E-state index contributed by atoms with van der Waals surface area (Å²) < 4.78 is 0. The van der Waals surface area contributed by atoms with E-state index in [1.165, 1.54) is 6.08 Å². The number of nitrogens with one attached hydrogen (secondary N) is 1. The summed E-state index contributed by atoms with van der Waals surface area (Å²) in [6, 6.07) is 15.1. The summed E-state index contributed by atoms with van der Waals surface area (Å²) in [5.41, 5.74) is 3.27. The number of H-pyrrole nitrogens is 1. The number of hydrogen-bond donors (Lipinski definition) is 1. The van der Waals surface area contributed by atoms with Gasteiger partial charge in [0.05, 0.1) is 10.6 Å². The fraction of sp³-hybridized carbons (Fsp3) is 0. The Labute approximate surface area is 125 Å². The average Bonchev–Trinajstić information content (AvgIpc) is 2.84. The number of halogens is 1. The van der Waals surface area contributed by atoms with Crippen LogP contribution in [0.4, 0.5) is 0 Å². The molecule has 2 aromatic carbocycles. The van der Waals surface area contributed by atoms with Crippen LogP contribution >= 0.6 is 11.6 Å². The Kier molecular flexibility index (Phi) is 3.46. The SMILES string of the molecule is O=[N+]([O-])C=Cc1c(-c2ccccc2Cl)[nH]c2ccccc12. The molecule has 0 saturated carbocycles. The zero-order valence-corrected chi connectivity index (χ0v) is 11.7. The third-order valence-corrected chi connectivity index (χ3v) is 3.58. The standard InChI is InChI=1S/C16H11ClN2O2/c17-14-7-3-1-6-13(14)16-12(9-10-19(20)21)11-5-2-4-8-15(11)18-16/h1-10,18H. The molecule has 21 heavy (non-hydrogen) atoms. The summed E-state index contributed by atoms with van der Waals surface area (Å²) >= 11 is 6.24. The molecule has 5 heteroatoms. The van der Waals surface area contributed by atoms with Crippen molar-refractivity contribution in [1.82, 2.24) is 4.98 Å². The van der Waals surface area contributed by atoms with Crippen molar-refractivity contribution in [3.8, 4) is 11.3 Å². The lowest BCUT2D eigenvalue weighted by atomic mass is 10.1. The molecule has 0 unspecified atom stereocenters. The Morgan fingerprint density at radius 1 is 1.10 bits per heavy atom. The quantitative estimate of drug-likeness (QED) is 0.561. The molecule has 0 aliphatic carbocycles. The van der Waals surface area contributed by atoms with E-state index in [0.29, 0.717) is 5.02 Å². The monoisotopic (exact) mass is 298 g/mol. The van der Waals surface area contributed by atoms with Crippen LogP contribution in [0, 0.1) is 10.1 Å². The van der Waals surface area contributed by atoms with Crippen molar-refractivity contribution in [2.24, 2.45) is 0 Å². The van der Waals surface area contributed by atoms with Crippen LogP contribution in [0.25, 0.3) is 28.2 Å². The van der Waals surface area contributed by atoms with Crippen molar-refractivity contribution < 1.29 is 4.92 Å². The number of benzene rings is 2. The Balaban J connectivity index is 2.29. The first-order valence-electron chi connectivity index (χ1n) is 6.34. The number of nitro groups is 1. The van der Waals surface area contributed by atoms with Crippen LogP contribution < -0.4 is 0 Å². The smallest absolute Gasteiger partial charge is 0.235 e. The lowest BCUT2D eigenvalue weighted by Gasteiger charge is -2.03. The summed E-state index contributed by atoms with van der Waals surface area (Å²) in [7, 11) is 0. The molecule has 3 aromatic rings. The molecule has 0 aliphatic rings. The van der Waals surface area contributed by atoms with Crippen molar-refractivity contribution in [2.45, 2.75) is 0 Å². The molecule has 0 aliphatic heterocycles. The van der Waals surface area contributed by atoms with Gasteiger partial charge >= 0.3 is 0 Å². The molecule has 0 atom stereocenters. The summed E-state index contributed by atoms with van der Waals surface area (Å²) in [5, 5.41) is 12.1. The molecule has 0 spiro atoms. The van der Waals surface area contributed by atoms with Gasteiger partial charge in [0.2, 0.25) is 6.20 Å². The van der Waals surface area contributed by atoms with Crippen LogP contribution in [-0.2, 0) is 0 Å². The topological polar surface area (TPSA) is 58.9 Å². The van der Waals surface area contributed by atoms with Gasteiger partial charge in [-0.15, -0.1) is 0 Å². The van der Waals surface area contributed by atoms with Crippen LogP contribution in [-0.4, -0.2) is 9.91 Å². The van der Waals surface area contributed by atoms with Gasteiger partial charge in [-0.25, -0.2) is 0 Å². The molecular formula is C16H11ClN2O2. The van der Waals surface area contributed by atoms with E-state index in [9.17, 15) is 10.1 Å². The van der Waals surface area contributed by atoms with Gasteiger partial charge in [0.1, 0.15) is 0 Å². The van der Waals surface area contributed by atoms with Gasteiger partial charge in [-0.2, -0.15) is 0 Å². The van der Waals surface area contributed by atoms with E-state index in [-0.39, 0.29) is 0 Å². The second-order valence-corrected chi connectivity index (χ2v) is 4.95. The Morgan fingerprint density at radius 3 is 2.57 bits per heavy atom. The predicted molar refractivity (Wildman–Crippen MR) is 84.8 cm³/mol. The van der Waals surface area contributed by atoms with Gasteiger partial charge in [-0.05, 0) is 12.1 Å². The van der Waals surface area contributed by atoms with Crippen LogP contribution in [0.3, 0.4) is 0 Å². The van der Waals surface area contributed by atoms with Crippen molar-refractivity contribution in [2.75, 3.05) is 0 Å². The van der Waals surface area contributed by atoms with Crippen LogP contribution in [0.5, 0.6) is 0 Å². The highest BCUT2D eigenvalue weighted by Gasteiger charge is 2.13. The fourth-order valence-electron chi connectivity index (χ4n) is 2.35. The highest BCUT2D eigenvalue weighted by Crippen LogP contribution is 2.34. The molecule has 0 amide bonds. The third kappa shape index (κ3) is 2.53. The molecule has 0 bridgehead atoms. The molecule has 1 N–H and O–H groups in total. The van der Waals surface area contributed by atoms with Crippen molar-refractivity contribution in [3.05, 3.63) is 75.4 Å². The lowest BCUT2D eigenvalue weighted by Crippen LogP contribution is -1.85. The first-order valence-corrected chi connectivity index (χ1v) is 6.72. The average molecular weight is 299 g/mol. The minimum atomic E-state index is -0.474. The zero-order valence-electron chi connectivity index (χ0n) is 10.9. The van der Waals surface area contributed by atoms with Gasteiger partial charge in [0, 0.05) is 33.1 Å². The number of nitrogens with zero attached hydrogens (tertiary/aromatic N) is 1. The maximum Gasteiger partial charge on any atom is 0.235 e. The predicted octanol–water partition coefficient (Wildman–Crippen LogP) is 4.74. The van der Waals surface area contributed by atoms with Gasteiger partial charge in [-0.1, -0.05) is 48.0 Å². The Morgan fingerprint density at radius 2 is 1.81 bits per heavy atom. The second kappa shape index (κ2) is 5.42. The second-order valence-electron chi connectivity index (χ2n) is 4.54. The lowest BCUT2D eigenvalue weighted by molar-refractivity contribution is -0.400. The van der Waals surface area contributed by atoms with Crippen LogP contribution in [0.15, 0.2) is 54.7 Å². The maximum atomic E-state index is 10.6. The van der Waals surface area contributed by atoms with Gasteiger partial charge in [-0.3, -0.25) is 10.1 Å². The van der Waals surface area contributed by atoms with Gasteiger partial charge in [0.25, 0.3) is 0 Å². The van der Waals surface area contributed by atoms with Gasteiger partial charge < -0.3 is 4.98 Å². The fourth-order valence-corrected chi connectivity index (χ4v) is 2.58. The number of aromatic nitrogens is 1. The Bertz CT molecular complexity index is 852. The maximum absolute atomic E-state index is 10.6. The molecular weight excluding hydrogens is 288 g/mol. The molecule has 3 rings (SSSR count). The molecule has 0 radical (unpaired) electrons. The highest BCUT2D eigenvalue weighted by atomic mass is 35.5. The van der Waals surface area contributed by atoms with E-state index < -0.39 is 4.92 Å². The number of para-hydroxylation sites is 1. The first-order chi connectivity index (χ1) is 10.2. The van der Waals surface area contributed by atoms with E-state index in [2.05, 4.69) is 4.98 Å². The summed E-state index contributed by atoms with van der Waals surface area (Å²) in [5.74, 6) is 0. The van der Waals surface area contributed by atoms with E-state index in [4.69, 9.17) is 11.6 Å². The van der Waals surface area contributed by atoms with Crippen molar-refractivity contribution >= 4 is 28.6 Å². The first kappa shape index (κ1) is 13.4. The van der Waals surface area contributed by atoms with E-state index >= 15 is 0 Å². The van der Waals surface area contributed by atoms with E-state index in [0.717, 1.165) is 33.9 Å². The van der Waals surface area contributed by atoms with Crippen LogP contribution in [0.2, 0.25) is 5.02 Å². The van der Waals surface area contributed by atoms with Crippen molar-refractivity contribution in [1.29, 1.82) is 0 Å². The van der Waals surface area contributed by atoms with E-state index in [1.54, 1.807) is 6.07 Å². The highest BCUT2D eigenvalue weighted by molar-refractivity contribution is 6.33. The van der Waals surface area contributed by atoms with Gasteiger partial charge in [0.15, 0.2) is 0 Å². The largest absolute Gasteiger partial charge is 0.354 e.